The Kier molecular flexibility index (Phi) is 13.5. The van der Waals surface area contributed by atoms with E-state index in [1.807, 2.05) is 0 Å². The summed E-state index contributed by atoms with van der Waals surface area (Å²) in [5.74, 6) is -0.277. The van der Waals surface area contributed by atoms with Crippen molar-refractivity contribution in [2.45, 2.75) is 81.0 Å². The Balaban J connectivity index is 3.19. The number of unbranched alkanes of at least 4 members (excludes halogenated alkanes) is 9. The first-order valence-electron chi connectivity index (χ1n) is 7.78. The number of hydrogen-bond acceptors (Lipinski definition) is 5. The van der Waals surface area contributed by atoms with Gasteiger partial charge in [-0.1, -0.05) is 64.7 Å². The minimum atomic E-state index is -0.880. The predicted octanol–water partition coefficient (Wildman–Crippen LogP) is 5.28. The average Bonchev–Trinajstić information content (AvgIpc) is 2.34. The van der Waals surface area contributed by atoms with Crippen molar-refractivity contribution >= 4 is 43.9 Å². The van der Waals surface area contributed by atoms with Crippen LogP contribution in [0.15, 0.2) is 0 Å². The summed E-state index contributed by atoms with van der Waals surface area (Å²) < 4.78 is 4.22. The van der Waals surface area contributed by atoms with Gasteiger partial charge < -0.3 is 4.74 Å². The molecule has 0 radical (unpaired) electrons. The molecular formula is C15H30O2S3. The Morgan fingerprint density at radius 1 is 0.850 bits per heavy atom. The highest BCUT2D eigenvalue weighted by molar-refractivity contribution is 8.17. The lowest BCUT2D eigenvalue weighted by atomic mass is 10.1. The van der Waals surface area contributed by atoms with Crippen LogP contribution in [-0.2, 0) is 9.53 Å². The van der Waals surface area contributed by atoms with E-state index in [9.17, 15) is 4.79 Å². The minimum absolute atomic E-state index is 0.111. The van der Waals surface area contributed by atoms with Crippen LogP contribution in [0, 0.1) is 0 Å². The van der Waals surface area contributed by atoms with Crippen molar-refractivity contribution in [3.63, 3.8) is 0 Å². The molecule has 0 aliphatic heterocycles. The molecule has 0 aliphatic carbocycles. The highest BCUT2D eigenvalue weighted by atomic mass is 32.2. The molecule has 0 rings (SSSR count). The van der Waals surface area contributed by atoms with Crippen molar-refractivity contribution < 1.29 is 9.53 Å². The number of esters is 1. The van der Waals surface area contributed by atoms with Gasteiger partial charge in [0.1, 0.15) is 3.41 Å². The molecule has 20 heavy (non-hydrogen) atoms. The number of rotatable bonds is 13. The highest BCUT2D eigenvalue weighted by Crippen LogP contribution is 2.28. The van der Waals surface area contributed by atoms with Gasteiger partial charge in [-0.3, -0.25) is 4.79 Å². The fraction of sp³-hybridized carbons (Fsp3) is 0.933. The molecule has 0 spiro atoms. The molecule has 0 saturated carbocycles. The molecule has 0 bridgehead atoms. The fourth-order valence-electron chi connectivity index (χ4n) is 2.02. The van der Waals surface area contributed by atoms with E-state index < -0.39 is 3.41 Å². The first kappa shape index (κ1) is 20.5. The third-order valence-corrected chi connectivity index (χ3v) is 3.62. The molecule has 0 aromatic rings. The Morgan fingerprint density at radius 2 is 1.30 bits per heavy atom. The largest absolute Gasteiger partial charge is 0.466 e. The van der Waals surface area contributed by atoms with Crippen LogP contribution in [0.25, 0.3) is 0 Å². The van der Waals surface area contributed by atoms with Crippen molar-refractivity contribution in [2.75, 3.05) is 6.61 Å². The van der Waals surface area contributed by atoms with Gasteiger partial charge in [0.25, 0.3) is 0 Å². The number of thiol groups is 3. The quantitative estimate of drug-likeness (QED) is 0.184. The SMILES string of the molecule is CCCCCCCCCCCCOC(=O)CC(S)(S)S. The molecule has 0 saturated heterocycles. The van der Waals surface area contributed by atoms with Crippen molar-refractivity contribution in [1.29, 1.82) is 0 Å². The molecule has 0 heterocycles. The van der Waals surface area contributed by atoms with Gasteiger partial charge in [0.05, 0.1) is 13.0 Å². The lowest BCUT2D eigenvalue weighted by molar-refractivity contribution is -0.143. The van der Waals surface area contributed by atoms with E-state index in [2.05, 4.69) is 44.8 Å². The topological polar surface area (TPSA) is 26.3 Å². The van der Waals surface area contributed by atoms with Crippen LogP contribution < -0.4 is 0 Å². The van der Waals surface area contributed by atoms with Gasteiger partial charge in [-0.05, 0) is 6.42 Å². The van der Waals surface area contributed by atoms with Gasteiger partial charge in [0.2, 0.25) is 0 Å². The highest BCUT2D eigenvalue weighted by Gasteiger charge is 2.19. The van der Waals surface area contributed by atoms with E-state index in [0.29, 0.717) is 6.61 Å². The Morgan fingerprint density at radius 3 is 1.75 bits per heavy atom. The van der Waals surface area contributed by atoms with Gasteiger partial charge in [-0.15, -0.1) is 0 Å². The molecule has 0 amide bonds. The molecule has 0 fully saturated rings. The zero-order chi connectivity index (χ0) is 15.3. The first-order chi connectivity index (χ1) is 9.45. The summed E-state index contributed by atoms with van der Waals surface area (Å²) in [4.78, 5) is 11.4. The second kappa shape index (κ2) is 13.2. The standard InChI is InChI=1S/C15H30O2S3/c1-2-3-4-5-6-7-8-9-10-11-12-17-14(16)13-15(18,19)20/h18-20H,2-13H2,1H3. The predicted molar refractivity (Wildman–Crippen MR) is 97.1 cm³/mol. The van der Waals surface area contributed by atoms with Gasteiger partial charge in [-0.25, -0.2) is 0 Å². The van der Waals surface area contributed by atoms with Crippen molar-refractivity contribution in [1.82, 2.24) is 0 Å². The van der Waals surface area contributed by atoms with E-state index in [4.69, 9.17) is 4.74 Å². The molecule has 0 aromatic carbocycles. The molecule has 2 nitrogen and oxygen atoms in total. The summed E-state index contributed by atoms with van der Waals surface area (Å²) in [6.45, 7) is 2.75. The summed E-state index contributed by atoms with van der Waals surface area (Å²) in [7, 11) is 0. The Labute approximate surface area is 141 Å². The Bertz CT molecular complexity index is 240. The number of carbonyl (C=O) groups is 1. The number of ether oxygens (including phenoxy) is 1. The van der Waals surface area contributed by atoms with Crippen molar-refractivity contribution in [3.05, 3.63) is 0 Å². The maximum Gasteiger partial charge on any atom is 0.308 e. The molecule has 0 aliphatic rings. The lowest BCUT2D eigenvalue weighted by Gasteiger charge is -2.13. The first-order valence-corrected chi connectivity index (χ1v) is 9.12. The van der Waals surface area contributed by atoms with E-state index in [-0.39, 0.29) is 12.4 Å². The van der Waals surface area contributed by atoms with Crippen LogP contribution in [0.4, 0.5) is 0 Å². The van der Waals surface area contributed by atoms with Crippen LogP contribution in [-0.4, -0.2) is 16.0 Å². The monoisotopic (exact) mass is 338 g/mol. The molecule has 120 valence electrons. The summed E-state index contributed by atoms with van der Waals surface area (Å²) in [5, 5.41) is 0. The summed E-state index contributed by atoms with van der Waals surface area (Å²) in [6, 6.07) is 0. The van der Waals surface area contributed by atoms with E-state index in [0.717, 1.165) is 12.8 Å². The number of carbonyl (C=O) groups excluding carboxylic acids is 1. The summed E-state index contributed by atoms with van der Waals surface area (Å²) in [6.07, 6.45) is 12.9. The number of hydrogen-bond donors (Lipinski definition) is 3. The van der Waals surface area contributed by atoms with Gasteiger partial charge >= 0.3 is 5.97 Å². The third-order valence-electron chi connectivity index (χ3n) is 3.14. The Hall–Kier alpha value is 0.520. The van der Waals surface area contributed by atoms with E-state index in [1.165, 1.54) is 51.4 Å². The van der Waals surface area contributed by atoms with Gasteiger partial charge in [0, 0.05) is 0 Å². The molecule has 0 aromatic heterocycles. The van der Waals surface area contributed by atoms with E-state index in [1.54, 1.807) is 0 Å². The average molecular weight is 339 g/mol. The zero-order valence-electron chi connectivity index (χ0n) is 12.6. The molecular weight excluding hydrogens is 308 g/mol. The van der Waals surface area contributed by atoms with Crippen LogP contribution >= 0.6 is 37.9 Å². The van der Waals surface area contributed by atoms with Gasteiger partial charge in [0.15, 0.2) is 0 Å². The molecule has 0 unspecified atom stereocenters. The van der Waals surface area contributed by atoms with Gasteiger partial charge in [-0.2, -0.15) is 37.9 Å². The second-order valence-electron chi connectivity index (χ2n) is 5.35. The summed E-state index contributed by atoms with van der Waals surface area (Å²) >= 11 is 12.2. The van der Waals surface area contributed by atoms with Crippen LogP contribution in [0.5, 0.6) is 0 Å². The normalized spacial score (nSPS) is 11.6. The van der Waals surface area contributed by atoms with Crippen LogP contribution in [0.3, 0.4) is 0 Å². The lowest BCUT2D eigenvalue weighted by Crippen LogP contribution is -2.15. The maximum absolute atomic E-state index is 11.4. The smallest absolute Gasteiger partial charge is 0.308 e. The zero-order valence-corrected chi connectivity index (χ0v) is 15.3. The molecule has 0 N–H and O–H groups in total. The minimum Gasteiger partial charge on any atom is -0.466 e. The second-order valence-corrected chi connectivity index (χ2v) is 8.70. The maximum atomic E-state index is 11.4. The van der Waals surface area contributed by atoms with Crippen LogP contribution in [0.2, 0.25) is 0 Å². The van der Waals surface area contributed by atoms with E-state index >= 15 is 0 Å². The van der Waals surface area contributed by atoms with Crippen molar-refractivity contribution in [3.8, 4) is 0 Å². The van der Waals surface area contributed by atoms with Crippen molar-refractivity contribution in [2.24, 2.45) is 0 Å². The molecule has 0 atom stereocenters. The fourth-order valence-corrected chi connectivity index (χ4v) is 2.41. The van der Waals surface area contributed by atoms with Crippen LogP contribution in [0.1, 0.15) is 77.6 Å². The molecule has 5 heteroatoms. The third kappa shape index (κ3) is 16.6. The summed E-state index contributed by atoms with van der Waals surface area (Å²) in [5.41, 5.74) is 0.